The molecule has 4 heteroatoms. The SMILES string of the molecule is O=C(Cc1ccc(F)cc1)c1sccc1Cl. The summed E-state index contributed by atoms with van der Waals surface area (Å²) in [7, 11) is 0. The van der Waals surface area contributed by atoms with E-state index in [2.05, 4.69) is 0 Å². The number of hydrogen-bond donors (Lipinski definition) is 0. The summed E-state index contributed by atoms with van der Waals surface area (Å²) >= 11 is 7.18. The van der Waals surface area contributed by atoms with E-state index in [-0.39, 0.29) is 18.0 Å². The van der Waals surface area contributed by atoms with E-state index in [1.165, 1.54) is 23.5 Å². The Bertz CT molecular complexity index is 504. The van der Waals surface area contributed by atoms with Gasteiger partial charge in [0.15, 0.2) is 5.78 Å². The zero-order valence-electron chi connectivity index (χ0n) is 8.24. The number of halogens is 2. The number of benzene rings is 1. The summed E-state index contributed by atoms with van der Waals surface area (Å²) in [6, 6.07) is 7.60. The number of thiophene rings is 1. The second-order valence-electron chi connectivity index (χ2n) is 3.32. The van der Waals surface area contributed by atoms with Crippen LogP contribution in [0.2, 0.25) is 5.02 Å². The van der Waals surface area contributed by atoms with Crippen molar-refractivity contribution in [3.63, 3.8) is 0 Å². The summed E-state index contributed by atoms with van der Waals surface area (Å²) in [4.78, 5) is 12.4. The predicted molar refractivity (Wildman–Crippen MR) is 63.8 cm³/mol. The summed E-state index contributed by atoms with van der Waals surface area (Å²) in [5.74, 6) is -0.336. The maximum Gasteiger partial charge on any atom is 0.178 e. The summed E-state index contributed by atoms with van der Waals surface area (Å²) in [5.41, 5.74) is 0.788. The van der Waals surface area contributed by atoms with Crippen LogP contribution in [0.4, 0.5) is 4.39 Å². The number of rotatable bonds is 3. The van der Waals surface area contributed by atoms with Crippen molar-refractivity contribution < 1.29 is 9.18 Å². The first kappa shape index (κ1) is 11.3. The molecule has 82 valence electrons. The van der Waals surface area contributed by atoms with E-state index in [9.17, 15) is 9.18 Å². The average molecular weight is 255 g/mol. The van der Waals surface area contributed by atoms with Crippen molar-refractivity contribution in [2.75, 3.05) is 0 Å². The molecule has 0 spiro atoms. The summed E-state index contributed by atoms with van der Waals surface area (Å²) in [6.07, 6.45) is 0.251. The zero-order chi connectivity index (χ0) is 11.5. The summed E-state index contributed by atoms with van der Waals surface area (Å²) in [5, 5.41) is 2.26. The lowest BCUT2D eigenvalue weighted by atomic mass is 10.1. The zero-order valence-corrected chi connectivity index (χ0v) is 9.82. The maximum absolute atomic E-state index is 12.7. The van der Waals surface area contributed by atoms with Gasteiger partial charge in [-0.15, -0.1) is 11.3 Å². The smallest absolute Gasteiger partial charge is 0.178 e. The lowest BCUT2D eigenvalue weighted by molar-refractivity contribution is 0.0997. The molecule has 2 rings (SSSR count). The lowest BCUT2D eigenvalue weighted by Gasteiger charge is -1.99. The van der Waals surface area contributed by atoms with Crippen LogP contribution in [0.25, 0.3) is 0 Å². The summed E-state index contributed by atoms with van der Waals surface area (Å²) in [6.45, 7) is 0. The minimum absolute atomic E-state index is 0.0355. The molecule has 0 aliphatic carbocycles. The highest BCUT2D eigenvalue weighted by atomic mass is 35.5. The molecule has 0 aliphatic heterocycles. The van der Waals surface area contributed by atoms with Crippen LogP contribution in [0.3, 0.4) is 0 Å². The van der Waals surface area contributed by atoms with Gasteiger partial charge in [-0.1, -0.05) is 23.7 Å². The highest BCUT2D eigenvalue weighted by Crippen LogP contribution is 2.23. The molecule has 0 atom stereocenters. The van der Waals surface area contributed by atoms with Crippen LogP contribution in [0.5, 0.6) is 0 Å². The van der Waals surface area contributed by atoms with Crippen LogP contribution in [-0.2, 0) is 6.42 Å². The van der Waals surface area contributed by atoms with Crippen molar-refractivity contribution in [1.82, 2.24) is 0 Å². The standard InChI is InChI=1S/C12H8ClFOS/c13-10-5-6-16-12(10)11(15)7-8-1-3-9(14)4-2-8/h1-6H,7H2. The van der Waals surface area contributed by atoms with Crippen LogP contribution in [0, 0.1) is 5.82 Å². The van der Waals surface area contributed by atoms with Gasteiger partial charge in [0.1, 0.15) is 5.82 Å². The molecule has 0 aliphatic rings. The topological polar surface area (TPSA) is 17.1 Å². The molecule has 0 saturated heterocycles. The Balaban J connectivity index is 2.14. The Morgan fingerprint density at radius 1 is 1.25 bits per heavy atom. The van der Waals surface area contributed by atoms with Gasteiger partial charge in [-0.3, -0.25) is 4.79 Å². The van der Waals surface area contributed by atoms with Gasteiger partial charge in [0, 0.05) is 6.42 Å². The molecule has 1 aromatic carbocycles. The quantitative estimate of drug-likeness (QED) is 0.758. The molecule has 0 fully saturated rings. The Labute approximate surface area is 101 Å². The molecule has 0 saturated carbocycles. The number of Topliss-reactive ketones (excluding diaryl/α,β-unsaturated/α-hetero) is 1. The largest absolute Gasteiger partial charge is 0.293 e. The number of carbonyl (C=O) groups is 1. The molecule has 2 aromatic rings. The van der Waals surface area contributed by atoms with Crippen LogP contribution < -0.4 is 0 Å². The first-order valence-corrected chi connectivity index (χ1v) is 5.93. The molecule has 0 N–H and O–H groups in total. The van der Waals surface area contributed by atoms with Gasteiger partial charge in [0.05, 0.1) is 9.90 Å². The predicted octanol–water partition coefficient (Wildman–Crippen LogP) is 3.97. The first-order chi connectivity index (χ1) is 7.66. The van der Waals surface area contributed by atoms with Crippen LogP contribution >= 0.6 is 22.9 Å². The molecule has 0 unspecified atom stereocenters. The van der Waals surface area contributed by atoms with Gasteiger partial charge >= 0.3 is 0 Å². The van der Waals surface area contributed by atoms with E-state index in [0.29, 0.717) is 9.90 Å². The molecule has 1 nitrogen and oxygen atoms in total. The van der Waals surface area contributed by atoms with E-state index in [0.717, 1.165) is 5.56 Å². The Morgan fingerprint density at radius 2 is 1.94 bits per heavy atom. The molecular formula is C12H8ClFOS. The second kappa shape index (κ2) is 4.76. The van der Waals surface area contributed by atoms with Crippen LogP contribution in [-0.4, -0.2) is 5.78 Å². The minimum Gasteiger partial charge on any atom is -0.293 e. The second-order valence-corrected chi connectivity index (χ2v) is 4.65. The van der Waals surface area contributed by atoms with Crippen molar-refractivity contribution in [2.45, 2.75) is 6.42 Å². The fourth-order valence-electron chi connectivity index (χ4n) is 1.36. The first-order valence-electron chi connectivity index (χ1n) is 4.67. The van der Waals surface area contributed by atoms with Crippen molar-refractivity contribution in [3.05, 3.63) is 57.0 Å². The minimum atomic E-state index is -0.301. The van der Waals surface area contributed by atoms with Gasteiger partial charge in [-0.2, -0.15) is 0 Å². The van der Waals surface area contributed by atoms with E-state index in [1.807, 2.05) is 0 Å². The molecule has 16 heavy (non-hydrogen) atoms. The third kappa shape index (κ3) is 2.49. The van der Waals surface area contributed by atoms with Gasteiger partial charge in [0.2, 0.25) is 0 Å². The number of ketones is 1. The molecule has 0 bridgehead atoms. The molecule has 1 heterocycles. The Morgan fingerprint density at radius 3 is 2.50 bits per heavy atom. The highest BCUT2D eigenvalue weighted by molar-refractivity contribution is 7.12. The third-order valence-corrected chi connectivity index (χ3v) is 3.53. The van der Waals surface area contributed by atoms with E-state index < -0.39 is 0 Å². The fourth-order valence-corrected chi connectivity index (χ4v) is 2.46. The van der Waals surface area contributed by atoms with E-state index >= 15 is 0 Å². The maximum atomic E-state index is 12.7. The normalized spacial score (nSPS) is 10.4. The molecule has 0 radical (unpaired) electrons. The van der Waals surface area contributed by atoms with E-state index in [1.54, 1.807) is 23.6 Å². The fraction of sp³-hybridized carbons (Fsp3) is 0.0833. The van der Waals surface area contributed by atoms with Gasteiger partial charge in [-0.25, -0.2) is 4.39 Å². The van der Waals surface area contributed by atoms with Crippen molar-refractivity contribution in [1.29, 1.82) is 0 Å². The van der Waals surface area contributed by atoms with Crippen molar-refractivity contribution in [2.24, 2.45) is 0 Å². The lowest BCUT2D eigenvalue weighted by Crippen LogP contribution is -2.01. The average Bonchev–Trinajstić information content (AvgIpc) is 2.68. The highest BCUT2D eigenvalue weighted by Gasteiger charge is 2.12. The Hall–Kier alpha value is -1.19. The van der Waals surface area contributed by atoms with Gasteiger partial charge in [0.25, 0.3) is 0 Å². The molecule has 1 aromatic heterocycles. The third-order valence-electron chi connectivity index (χ3n) is 2.15. The van der Waals surface area contributed by atoms with Crippen LogP contribution in [0.1, 0.15) is 15.2 Å². The Kier molecular flexibility index (Phi) is 3.36. The van der Waals surface area contributed by atoms with Gasteiger partial charge in [-0.05, 0) is 29.1 Å². The summed E-state index contributed by atoms with van der Waals surface area (Å²) < 4.78 is 12.7. The molecule has 0 amide bonds. The molecular weight excluding hydrogens is 247 g/mol. The van der Waals surface area contributed by atoms with Crippen molar-refractivity contribution in [3.8, 4) is 0 Å². The van der Waals surface area contributed by atoms with Gasteiger partial charge < -0.3 is 0 Å². The van der Waals surface area contributed by atoms with Crippen LogP contribution in [0.15, 0.2) is 35.7 Å². The number of hydrogen-bond acceptors (Lipinski definition) is 2. The van der Waals surface area contributed by atoms with E-state index in [4.69, 9.17) is 11.6 Å². The van der Waals surface area contributed by atoms with Crippen molar-refractivity contribution >= 4 is 28.7 Å². The monoisotopic (exact) mass is 254 g/mol. The number of carbonyl (C=O) groups excluding carboxylic acids is 1.